The summed E-state index contributed by atoms with van der Waals surface area (Å²) in [5.74, 6) is 0.770. The highest BCUT2D eigenvalue weighted by Crippen LogP contribution is 2.24. The van der Waals surface area contributed by atoms with Gasteiger partial charge in [-0.05, 0) is 41.8 Å². The smallest absolute Gasteiger partial charge is 0.120 e. The van der Waals surface area contributed by atoms with E-state index in [1.165, 1.54) is 0 Å². The molecule has 2 aromatic rings. The first-order valence-electron chi connectivity index (χ1n) is 5.36. The minimum Gasteiger partial charge on any atom is -0.497 e. The van der Waals surface area contributed by atoms with E-state index in [1.807, 2.05) is 42.5 Å². The van der Waals surface area contributed by atoms with E-state index < -0.39 is 0 Å². The van der Waals surface area contributed by atoms with E-state index in [1.54, 1.807) is 7.11 Å². The molecular weight excluding hydrogens is 234 g/mol. The van der Waals surface area contributed by atoms with Crippen LogP contribution in [0.15, 0.2) is 42.5 Å². The van der Waals surface area contributed by atoms with Crippen LogP contribution in [0.5, 0.6) is 5.75 Å². The van der Waals surface area contributed by atoms with Crippen LogP contribution < -0.4 is 10.5 Å². The molecule has 2 rings (SSSR count). The van der Waals surface area contributed by atoms with Crippen LogP contribution >= 0.6 is 11.6 Å². The van der Waals surface area contributed by atoms with Crippen molar-refractivity contribution in [2.24, 2.45) is 0 Å². The van der Waals surface area contributed by atoms with Crippen LogP contribution in [0.25, 0.3) is 0 Å². The highest BCUT2D eigenvalue weighted by atomic mass is 35.5. The molecule has 88 valence electrons. The normalized spacial score (nSPS) is 10.2. The first-order chi connectivity index (χ1) is 8.19. The maximum absolute atomic E-state index is 6.19. The van der Waals surface area contributed by atoms with E-state index in [0.29, 0.717) is 5.02 Å². The summed E-state index contributed by atoms with van der Waals surface area (Å²) in [6.45, 7) is 0. The van der Waals surface area contributed by atoms with Crippen LogP contribution in [0.2, 0.25) is 5.02 Å². The van der Waals surface area contributed by atoms with Crippen molar-refractivity contribution in [3.05, 3.63) is 58.6 Å². The van der Waals surface area contributed by atoms with Gasteiger partial charge in [0.2, 0.25) is 0 Å². The molecule has 0 saturated carbocycles. The number of nitrogen functional groups attached to an aromatic ring is 1. The Labute approximate surface area is 106 Å². The summed E-state index contributed by atoms with van der Waals surface area (Å²) >= 11 is 6.19. The number of hydrogen-bond acceptors (Lipinski definition) is 2. The molecule has 0 radical (unpaired) electrons. The molecule has 2 N–H and O–H groups in total. The molecule has 0 unspecified atom stereocenters. The van der Waals surface area contributed by atoms with Gasteiger partial charge in [0.05, 0.1) is 7.11 Å². The van der Waals surface area contributed by atoms with Gasteiger partial charge in [0.15, 0.2) is 0 Å². The highest BCUT2D eigenvalue weighted by Gasteiger charge is 2.03. The molecule has 0 amide bonds. The fourth-order valence-electron chi connectivity index (χ4n) is 1.72. The van der Waals surface area contributed by atoms with Crippen molar-refractivity contribution >= 4 is 17.3 Å². The van der Waals surface area contributed by atoms with Crippen LogP contribution in [-0.2, 0) is 6.42 Å². The zero-order valence-corrected chi connectivity index (χ0v) is 10.4. The Kier molecular flexibility index (Phi) is 3.55. The second-order valence-electron chi connectivity index (χ2n) is 3.88. The molecule has 0 aliphatic carbocycles. The highest BCUT2D eigenvalue weighted by molar-refractivity contribution is 6.31. The zero-order chi connectivity index (χ0) is 12.3. The maximum atomic E-state index is 6.19. The van der Waals surface area contributed by atoms with Gasteiger partial charge < -0.3 is 10.5 Å². The lowest BCUT2D eigenvalue weighted by Gasteiger charge is -2.07. The van der Waals surface area contributed by atoms with Crippen molar-refractivity contribution in [2.75, 3.05) is 12.8 Å². The van der Waals surface area contributed by atoms with Crippen LogP contribution in [0.4, 0.5) is 5.69 Å². The molecule has 2 aromatic carbocycles. The van der Waals surface area contributed by atoms with Gasteiger partial charge in [0.25, 0.3) is 0 Å². The SMILES string of the molecule is COc1ccc(Cc2cccc(N)c2)c(Cl)c1. The van der Waals surface area contributed by atoms with Gasteiger partial charge in [-0.25, -0.2) is 0 Å². The largest absolute Gasteiger partial charge is 0.497 e. The van der Waals surface area contributed by atoms with Crippen molar-refractivity contribution in [3.63, 3.8) is 0 Å². The molecule has 0 atom stereocenters. The minimum atomic E-state index is 0.715. The number of methoxy groups -OCH3 is 1. The number of halogens is 1. The summed E-state index contributed by atoms with van der Waals surface area (Å²) in [6.07, 6.45) is 0.772. The monoisotopic (exact) mass is 247 g/mol. The van der Waals surface area contributed by atoms with Gasteiger partial charge in [-0.1, -0.05) is 29.8 Å². The standard InChI is InChI=1S/C14H14ClNO/c1-17-13-6-5-11(14(15)9-13)7-10-3-2-4-12(16)8-10/h2-6,8-9H,7,16H2,1H3. The van der Waals surface area contributed by atoms with E-state index in [0.717, 1.165) is 29.0 Å². The molecule has 3 heteroatoms. The van der Waals surface area contributed by atoms with Gasteiger partial charge in [0, 0.05) is 10.7 Å². The van der Waals surface area contributed by atoms with Gasteiger partial charge in [-0.3, -0.25) is 0 Å². The average Bonchev–Trinajstić information content (AvgIpc) is 2.32. The lowest BCUT2D eigenvalue weighted by Crippen LogP contribution is -1.92. The Balaban J connectivity index is 2.24. The lowest BCUT2D eigenvalue weighted by molar-refractivity contribution is 0.414. The Bertz CT molecular complexity index is 525. The summed E-state index contributed by atoms with van der Waals surface area (Å²) in [5.41, 5.74) is 8.73. The molecule has 0 fully saturated rings. The molecule has 17 heavy (non-hydrogen) atoms. The molecule has 0 spiro atoms. The Morgan fingerprint density at radius 1 is 1.18 bits per heavy atom. The van der Waals surface area contributed by atoms with E-state index in [2.05, 4.69) is 0 Å². The molecule has 0 bridgehead atoms. The number of ether oxygens (including phenoxy) is 1. The topological polar surface area (TPSA) is 35.2 Å². The third-order valence-electron chi connectivity index (χ3n) is 2.61. The second-order valence-corrected chi connectivity index (χ2v) is 4.29. The van der Waals surface area contributed by atoms with Crippen molar-refractivity contribution < 1.29 is 4.74 Å². The fourth-order valence-corrected chi connectivity index (χ4v) is 1.96. The minimum absolute atomic E-state index is 0.715. The summed E-state index contributed by atoms with van der Waals surface area (Å²) < 4.78 is 5.11. The predicted octanol–water partition coefficient (Wildman–Crippen LogP) is 3.52. The van der Waals surface area contributed by atoms with E-state index >= 15 is 0 Å². The summed E-state index contributed by atoms with van der Waals surface area (Å²) in [6, 6.07) is 13.5. The Morgan fingerprint density at radius 3 is 2.65 bits per heavy atom. The van der Waals surface area contributed by atoms with E-state index in [4.69, 9.17) is 22.1 Å². The quantitative estimate of drug-likeness (QED) is 0.843. The van der Waals surface area contributed by atoms with Crippen LogP contribution in [0, 0.1) is 0 Å². The third-order valence-corrected chi connectivity index (χ3v) is 2.96. The third kappa shape index (κ3) is 2.92. The number of rotatable bonds is 3. The first kappa shape index (κ1) is 11.8. The van der Waals surface area contributed by atoms with E-state index in [-0.39, 0.29) is 0 Å². The molecule has 0 aliphatic rings. The molecule has 0 heterocycles. The second kappa shape index (κ2) is 5.11. The van der Waals surface area contributed by atoms with Gasteiger partial charge >= 0.3 is 0 Å². The average molecular weight is 248 g/mol. The zero-order valence-electron chi connectivity index (χ0n) is 9.61. The van der Waals surface area contributed by atoms with Crippen LogP contribution in [-0.4, -0.2) is 7.11 Å². The van der Waals surface area contributed by atoms with Gasteiger partial charge in [-0.2, -0.15) is 0 Å². The maximum Gasteiger partial charge on any atom is 0.120 e. The molecular formula is C14H14ClNO. The first-order valence-corrected chi connectivity index (χ1v) is 5.73. The van der Waals surface area contributed by atoms with Crippen molar-refractivity contribution in [1.29, 1.82) is 0 Å². The number of anilines is 1. The van der Waals surface area contributed by atoms with Gasteiger partial charge in [-0.15, -0.1) is 0 Å². The number of nitrogens with two attached hydrogens (primary N) is 1. The summed E-state index contributed by atoms with van der Waals surface area (Å²) in [7, 11) is 1.63. The lowest BCUT2D eigenvalue weighted by atomic mass is 10.0. The summed E-state index contributed by atoms with van der Waals surface area (Å²) in [5, 5.41) is 0.715. The van der Waals surface area contributed by atoms with E-state index in [9.17, 15) is 0 Å². The number of hydrogen-bond donors (Lipinski definition) is 1. The van der Waals surface area contributed by atoms with Crippen LogP contribution in [0.1, 0.15) is 11.1 Å². The van der Waals surface area contributed by atoms with Gasteiger partial charge in [0.1, 0.15) is 5.75 Å². The van der Waals surface area contributed by atoms with Crippen molar-refractivity contribution in [1.82, 2.24) is 0 Å². The molecule has 2 nitrogen and oxygen atoms in total. The Morgan fingerprint density at radius 2 is 2.00 bits per heavy atom. The molecule has 0 aromatic heterocycles. The molecule has 0 saturated heterocycles. The van der Waals surface area contributed by atoms with Crippen molar-refractivity contribution in [2.45, 2.75) is 6.42 Å². The van der Waals surface area contributed by atoms with Crippen LogP contribution in [0.3, 0.4) is 0 Å². The predicted molar refractivity (Wildman–Crippen MR) is 71.7 cm³/mol. The van der Waals surface area contributed by atoms with Crippen molar-refractivity contribution in [3.8, 4) is 5.75 Å². The Hall–Kier alpha value is -1.67. The summed E-state index contributed by atoms with van der Waals surface area (Å²) in [4.78, 5) is 0. The molecule has 0 aliphatic heterocycles. The fraction of sp³-hybridized carbons (Fsp3) is 0.143. The number of benzene rings is 2.